The normalized spacial score (nSPS) is 21.2. The van der Waals surface area contributed by atoms with Crippen molar-refractivity contribution in [3.63, 3.8) is 0 Å². The number of halogens is 1. The molecule has 2 fully saturated rings. The van der Waals surface area contributed by atoms with Gasteiger partial charge in [-0.25, -0.2) is 4.79 Å². The van der Waals surface area contributed by atoms with Gasteiger partial charge in [0.15, 0.2) is 11.5 Å². The standard InChI is InChI=1S/C20H26ClN3O4/c21-16-10-13(11-17-18(16)28-9-8-27-17)5-6-22-20(26)24-7-1-2-14(12-24)19(25)23-15-3-4-15/h10-11,14-15H,1-9,12H2,(H,22,26)(H,23,25). The highest BCUT2D eigenvalue weighted by molar-refractivity contribution is 6.32. The number of amides is 3. The number of rotatable bonds is 5. The summed E-state index contributed by atoms with van der Waals surface area (Å²) < 4.78 is 11.1. The van der Waals surface area contributed by atoms with Crippen molar-refractivity contribution in [1.29, 1.82) is 0 Å². The lowest BCUT2D eigenvalue weighted by molar-refractivity contribution is -0.126. The molecule has 0 bridgehead atoms. The van der Waals surface area contributed by atoms with E-state index >= 15 is 0 Å². The molecule has 1 aliphatic carbocycles. The monoisotopic (exact) mass is 407 g/mol. The Bertz CT molecular complexity index is 753. The van der Waals surface area contributed by atoms with Gasteiger partial charge in [-0.2, -0.15) is 0 Å². The zero-order valence-corrected chi connectivity index (χ0v) is 16.6. The van der Waals surface area contributed by atoms with Gasteiger partial charge in [0.05, 0.1) is 10.9 Å². The number of benzene rings is 1. The molecule has 7 nitrogen and oxygen atoms in total. The highest BCUT2D eigenvalue weighted by Crippen LogP contribution is 2.38. The Hall–Kier alpha value is -2.15. The van der Waals surface area contributed by atoms with E-state index in [1.807, 2.05) is 12.1 Å². The molecule has 1 atom stereocenters. The molecule has 3 amide bonds. The second-order valence-corrected chi connectivity index (χ2v) is 8.06. The fourth-order valence-electron chi connectivity index (χ4n) is 3.66. The van der Waals surface area contributed by atoms with Gasteiger partial charge >= 0.3 is 6.03 Å². The van der Waals surface area contributed by atoms with Crippen LogP contribution in [0.4, 0.5) is 4.79 Å². The quantitative estimate of drug-likeness (QED) is 0.785. The number of nitrogens with one attached hydrogen (secondary N) is 2. The zero-order chi connectivity index (χ0) is 19.5. The summed E-state index contributed by atoms with van der Waals surface area (Å²) in [4.78, 5) is 26.5. The van der Waals surface area contributed by atoms with Crippen molar-refractivity contribution < 1.29 is 19.1 Å². The summed E-state index contributed by atoms with van der Waals surface area (Å²) in [7, 11) is 0. The third-order valence-electron chi connectivity index (χ3n) is 5.35. The second kappa shape index (κ2) is 8.47. The van der Waals surface area contributed by atoms with Crippen LogP contribution in [-0.4, -0.2) is 55.7 Å². The number of carbonyl (C=O) groups is 2. The molecular formula is C20H26ClN3O4. The first-order valence-electron chi connectivity index (χ1n) is 10.0. The van der Waals surface area contributed by atoms with Crippen molar-refractivity contribution in [2.24, 2.45) is 5.92 Å². The molecule has 0 radical (unpaired) electrons. The Morgan fingerprint density at radius 1 is 1.18 bits per heavy atom. The summed E-state index contributed by atoms with van der Waals surface area (Å²) in [5.74, 6) is 1.23. The van der Waals surface area contributed by atoms with Gasteiger partial charge in [-0.3, -0.25) is 4.79 Å². The Morgan fingerprint density at radius 2 is 2.00 bits per heavy atom. The van der Waals surface area contributed by atoms with E-state index in [4.69, 9.17) is 21.1 Å². The van der Waals surface area contributed by atoms with Gasteiger partial charge in [0, 0.05) is 25.7 Å². The molecule has 28 heavy (non-hydrogen) atoms. The first kappa shape index (κ1) is 19.2. The number of carbonyl (C=O) groups excluding carboxylic acids is 2. The lowest BCUT2D eigenvalue weighted by atomic mass is 9.97. The number of hydrogen-bond donors (Lipinski definition) is 2. The van der Waals surface area contributed by atoms with Gasteiger partial charge in [-0.15, -0.1) is 0 Å². The topological polar surface area (TPSA) is 79.9 Å². The summed E-state index contributed by atoms with van der Waals surface area (Å²) in [6, 6.07) is 3.99. The largest absolute Gasteiger partial charge is 0.486 e. The van der Waals surface area contributed by atoms with Crippen LogP contribution < -0.4 is 20.1 Å². The molecule has 1 aromatic carbocycles. The first-order chi connectivity index (χ1) is 13.6. The smallest absolute Gasteiger partial charge is 0.317 e. The number of likely N-dealkylation sites (tertiary alicyclic amines) is 1. The molecule has 1 aromatic rings. The minimum Gasteiger partial charge on any atom is -0.486 e. The summed E-state index contributed by atoms with van der Waals surface area (Å²) in [5, 5.41) is 6.53. The number of urea groups is 1. The zero-order valence-electron chi connectivity index (χ0n) is 15.8. The van der Waals surface area contributed by atoms with Gasteiger partial charge in [-0.05, 0) is 49.8 Å². The van der Waals surface area contributed by atoms with Crippen LogP contribution >= 0.6 is 11.6 Å². The van der Waals surface area contributed by atoms with Gasteiger partial charge in [0.2, 0.25) is 5.91 Å². The van der Waals surface area contributed by atoms with Crippen LogP contribution in [0.15, 0.2) is 12.1 Å². The van der Waals surface area contributed by atoms with E-state index in [2.05, 4.69) is 10.6 Å². The van der Waals surface area contributed by atoms with Crippen molar-refractivity contribution in [3.8, 4) is 11.5 Å². The van der Waals surface area contributed by atoms with Gasteiger partial charge in [0.1, 0.15) is 13.2 Å². The number of ether oxygens (including phenoxy) is 2. The van der Waals surface area contributed by atoms with Crippen molar-refractivity contribution >= 4 is 23.5 Å². The van der Waals surface area contributed by atoms with Crippen LogP contribution in [-0.2, 0) is 11.2 Å². The fraction of sp³-hybridized carbons (Fsp3) is 0.600. The predicted octanol–water partition coefficient (Wildman–Crippen LogP) is 2.35. The van der Waals surface area contributed by atoms with Crippen LogP contribution in [0.2, 0.25) is 5.02 Å². The second-order valence-electron chi connectivity index (χ2n) is 7.65. The lowest BCUT2D eigenvalue weighted by Crippen LogP contribution is -2.49. The van der Waals surface area contributed by atoms with Crippen molar-refractivity contribution in [1.82, 2.24) is 15.5 Å². The molecule has 1 unspecified atom stereocenters. The summed E-state index contributed by atoms with van der Waals surface area (Å²) in [6.07, 6.45) is 4.49. The van der Waals surface area contributed by atoms with E-state index in [0.717, 1.165) is 31.2 Å². The Morgan fingerprint density at radius 3 is 2.82 bits per heavy atom. The van der Waals surface area contributed by atoms with Crippen LogP contribution in [0.1, 0.15) is 31.2 Å². The van der Waals surface area contributed by atoms with Crippen LogP contribution in [0.5, 0.6) is 11.5 Å². The molecule has 1 saturated heterocycles. The fourth-order valence-corrected chi connectivity index (χ4v) is 3.94. The molecule has 4 rings (SSSR count). The van der Waals surface area contributed by atoms with Crippen molar-refractivity contribution in [2.45, 2.75) is 38.1 Å². The van der Waals surface area contributed by atoms with Crippen molar-refractivity contribution in [3.05, 3.63) is 22.7 Å². The predicted molar refractivity (Wildman–Crippen MR) is 105 cm³/mol. The molecule has 2 heterocycles. The van der Waals surface area contributed by atoms with Gasteiger partial charge < -0.3 is 25.0 Å². The molecule has 2 aliphatic heterocycles. The average molecular weight is 408 g/mol. The highest BCUT2D eigenvalue weighted by Gasteiger charge is 2.31. The molecule has 2 N–H and O–H groups in total. The number of fused-ring (bicyclic) bond motifs is 1. The molecule has 0 spiro atoms. The Labute approximate surface area is 169 Å². The first-order valence-corrected chi connectivity index (χ1v) is 10.4. The molecular weight excluding hydrogens is 382 g/mol. The lowest BCUT2D eigenvalue weighted by Gasteiger charge is -2.32. The van der Waals surface area contributed by atoms with E-state index in [1.54, 1.807) is 4.90 Å². The maximum atomic E-state index is 12.5. The minimum absolute atomic E-state index is 0.0888. The van der Waals surface area contributed by atoms with E-state index < -0.39 is 0 Å². The highest BCUT2D eigenvalue weighted by atomic mass is 35.5. The maximum absolute atomic E-state index is 12.5. The van der Waals surface area contributed by atoms with E-state index in [0.29, 0.717) is 61.8 Å². The molecule has 1 saturated carbocycles. The number of piperidine rings is 1. The van der Waals surface area contributed by atoms with Crippen LogP contribution in [0.25, 0.3) is 0 Å². The SMILES string of the molecule is O=C(NC1CC1)C1CCCN(C(=O)NCCc2cc(Cl)c3c(c2)OCCO3)C1. The maximum Gasteiger partial charge on any atom is 0.317 e. The molecule has 0 aromatic heterocycles. The molecule has 3 aliphatic rings. The molecule has 8 heteroatoms. The van der Waals surface area contributed by atoms with E-state index in [1.165, 1.54) is 0 Å². The van der Waals surface area contributed by atoms with Crippen LogP contribution in [0.3, 0.4) is 0 Å². The average Bonchev–Trinajstić information content (AvgIpc) is 3.52. The minimum atomic E-state index is -0.118. The summed E-state index contributed by atoms with van der Waals surface area (Å²) >= 11 is 6.26. The Kier molecular flexibility index (Phi) is 5.80. The Balaban J connectivity index is 1.26. The summed E-state index contributed by atoms with van der Waals surface area (Å²) in [6.45, 7) is 2.67. The summed E-state index contributed by atoms with van der Waals surface area (Å²) in [5.41, 5.74) is 0.981. The van der Waals surface area contributed by atoms with Crippen molar-refractivity contribution in [2.75, 3.05) is 32.8 Å². The number of nitrogens with zero attached hydrogens (tertiary/aromatic N) is 1. The van der Waals surface area contributed by atoms with Gasteiger partial charge in [-0.1, -0.05) is 11.6 Å². The number of hydrogen-bond acceptors (Lipinski definition) is 4. The third kappa shape index (κ3) is 4.63. The van der Waals surface area contributed by atoms with E-state index in [-0.39, 0.29) is 17.9 Å². The van der Waals surface area contributed by atoms with Crippen LogP contribution in [0, 0.1) is 5.92 Å². The third-order valence-corrected chi connectivity index (χ3v) is 5.63. The van der Waals surface area contributed by atoms with E-state index in [9.17, 15) is 9.59 Å². The van der Waals surface area contributed by atoms with Gasteiger partial charge in [0.25, 0.3) is 0 Å². The molecule has 152 valence electrons.